The molecule has 0 aromatic heterocycles. The summed E-state index contributed by atoms with van der Waals surface area (Å²) in [6, 6.07) is 2.93. The van der Waals surface area contributed by atoms with Gasteiger partial charge in [-0.2, -0.15) is 5.26 Å². The van der Waals surface area contributed by atoms with E-state index in [0.717, 1.165) is 39.1 Å². The van der Waals surface area contributed by atoms with Crippen molar-refractivity contribution in [3.8, 4) is 6.07 Å². The lowest BCUT2D eigenvalue weighted by Crippen LogP contribution is -2.53. The monoisotopic (exact) mass is 238 g/mol. The highest BCUT2D eigenvalue weighted by molar-refractivity contribution is 4.92. The SMILES string of the molecule is CN1CCN(C)C(CNCCC(C)(C)C#N)C1. The normalized spacial score (nSPS) is 23.6. The zero-order chi connectivity index (χ0) is 12.9. The van der Waals surface area contributed by atoms with Crippen molar-refractivity contribution in [2.75, 3.05) is 46.8 Å². The minimum Gasteiger partial charge on any atom is -0.315 e. The number of hydrogen-bond acceptors (Lipinski definition) is 4. The summed E-state index contributed by atoms with van der Waals surface area (Å²) in [5.41, 5.74) is -0.206. The molecule has 0 bridgehead atoms. The van der Waals surface area contributed by atoms with Crippen molar-refractivity contribution in [3.05, 3.63) is 0 Å². The van der Waals surface area contributed by atoms with Crippen LogP contribution in [0.5, 0.6) is 0 Å². The Morgan fingerprint density at radius 1 is 1.35 bits per heavy atom. The second kappa shape index (κ2) is 6.34. The molecule has 0 saturated carbocycles. The largest absolute Gasteiger partial charge is 0.315 e. The average Bonchev–Trinajstić information content (AvgIpc) is 2.29. The Morgan fingerprint density at radius 2 is 2.06 bits per heavy atom. The molecule has 17 heavy (non-hydrogen) atoms. The summed E-state index contributed by atoms with van der Waals surface area (Å²) >= 11 is 0. The lowest BCUT2D eigenvalue weighted by molar-refractivity contribution is 0.113. The third-order valence-electron chi connectivity index (χ3n) is 3.59. The van der Waals surface area contributed by atoms with Crippen molar-refractivity contribution in [2.45, 2.75) is 26.3 Å². The summed E-state index contributed by atoms with van der Waals surface area (Å²) in [7, 11) is 4.37. The molecular formula is C13H26N4. The minimum absolute atomic E-state index is 0.206. The predicted octanol–water partition coefficient (Wildman–Crippen LogP) is 0.762. The average molecular weight is 238 g/mol. The summed E-state index contributed by atoms with van der Waals surface area (Å²) in [6.07, 6.45) is 0.912. The van der Waals surface area contributed by atoms with Crippen LogP contribution in [0.25, 0.3) is 0 Å². The molecule has 1 atom stereocenters. The fourth-order valence-electron chi connectivity index (χ4n) is 2.05. The Kier molecular flexibility index (Phi) is 5.38. The molecule has 0 amide bonds. The standard InChI is InChI=1S/C13H26N4/c1-13(2,11-14)5-6-15-9-12-10-16(3)7-8-17(12)4/h12,15H,5-10H2,1-4H3. The summed E-state index contributed by atoms with van der Waals surface area (Å²) < 4.78 is 0. The molecule has 1 fully saturated rings. The number of nitriles is 1. The first kappa shape index (κ1) is 14.4. The van der Waals surface area contributed by atoms with Crippen LogP contribution in [0.1, 0.15) is 20.3 Å². The second-order valence-corrected chi connectivity index (χ2v) is 5.85. The van der Waals surface area contributed by atoms with Crippen LogP contribution in [0.4, 0.5) is 0 Å². The van der Waals surface area contributed by atoms with Crippen molar-refractivity contribution in [1.29, 1.82) is 5.26 Å². The lowest BCUT2D eigenvalue weighted by Gasteiger charge is -2.37. The van der Waals surface area contributed by atoms with E-state index >= 15 is 0 Å². The van der Waals surface area contributed by atoms with E-state index in [-0.39, 0.29) is 5.41 Å². The van der Waals surface area contributed by atoms with Gasteiger partial charge in [-0.15, -0.1) is 0 Å². The quantitative estimate of drug-likeness (QED) is 0.718. The first-order valence-corrected chi connectivity index (χ1v) is 6.45. The highest BCUT2D eigenvalue weighted by Gasteiger charge is 2.22. The topological polar surface area (TPSA) is 42.3 Å². The van der Waals surface area contributed by atoms with E-state index < -0.39 is 0 Å². The maximum absolute atomic E-state index is 8.93. The van der Waals surface area contributed by atoms with E-state index in [2.05, 4.69) is 35.3 Å². The van der Waals surface area contributed by atoms with Crippen LogP contribution in [0.2, 0.25) is 0 Å². The molecule has 0 aromatic rings. The van der Waals surface area contributed by atoms with Crippen molar-refractivity contribution >= 4 is 0 Å². The fourth-order valence-corrected chi connectivity index (χ4v) is 2.05. The van der Waals surface area contributed by atoms with Crippen LogP contribution >= 0.6 is 0 Å². The summed E-state index contributed by atoms with van der Waals surface area (Å²) in [5, 5.41) is 12.4. The molecule has 1 N–H and O–H groups in total. The molecule has 0 spiro atoms. The van der Waals surface area contributed by atoms with E-state index in [9.17, 15) is 0 Å². The molecule has 98 valence electrons. The maximum Gasteiger partial charge on any atom is 0.0684 e. The molecule has 1 saturated heterocycles. The van der Waals surface area contributed by atoms with Crippen molar-refractivity contribution < 1.29 is 0 Å². The van der Waals surface area contributed by atoms with E-state index in [1.807, 2.05) is 13.8 Å². The van der Waals surface area contributed by atoms with Gasteiger partial charge in [-0.05, 0) is 40.9 Å². The number of likely N-dealkylation sites (N-methyl/N-ethyl adjacent to an activating group) is 2. The molecule has 1 rings (SSSR count). The molecule has 1 heterocycles. The van der Waals surface area contributed by atoms with Crippen molar-refractivity contribution in [2.24, 2.45) is 5.41 Å². The number of piperazine rings is 1. The lowest BCUT2D eigenvalue weighted by atomic mass is 9.91. The molecule has 0 aliphatic carbocycles. The number of hydrogen-bond donors (Lipinski definition) is 1. The summed E-state index contributed by atoms with van der Waals surface area (Å²) in [4.78, 5) is 4.80. The van der Waals surface area contributed by atoms with Gasteiger partial charge < -0.3 is 10.2 Å². The van der Waals surface area contributed by atoms with Gasteiger partial charge in [0.25, 0.3) is 0 Å². The van der Waals surface area contributed by atoms with E-state index in [0.29, 0.717) is 6.04 Å². The number of rotatable bonds is 5. The molecule has 0 aromatic carbocycles. The molecule has 4 nitrogen and oxygen atoms in total. The Hall–Kier alpha value is -0.630. The number of nitrogens with one attached hydrogen (secondary N) is 1. The molecule has 1 aliphatic heterocycles. The first-order chi connectivity index (χ1) is 7.94. The second-order valence-electron chi connectivity index (χ2n) is 5.85. The Labute approximate surface area is 106 Å². The minimum atomic E-state index is -0.206. The van der Waals surface area contributed by atoms with Crippen LogP contribution in [-0.2, 0) is 0 Å². The predicted molar refractivity (Wildman–Crippen MR) is 70.8 cm³/mol. The van der Waals surface area contributed by atoms with Gasteiger partial charge in [0, 0.05) is 32.2 Å². The fraction of sp³-hybridized carbons (Fsp3) is 0.923. The molecular weight excluding hydrogens is 212 g/mol. The van der Waals surface area contributed by atoms with E-state index in [1.165, 1.54) is 0 Å². The van der Waals surface area contributed by atoms with Crippen molar-refractivity contribution in [1.82, 2.24) is 15.1 Å². The van der Waals surface area contributed by atoms with Crippen molar-refractivity contribution in [3.63, 3.8) is 0 Å². The highest BCUT2D eigenvalue weighted by Crippen LogP contribution is 2.17. The van der Waals surface area contributed by atoms with Gasteiger partial charge in [0.05, 0.1) is 11.5 Å². The van der Waals surface area contributed by atoms with Gasteiger partial charge in [0.1, 0.15) is 0 Å². The van der Waals surface area contributed by atoms with Crippen LogP contribution < -0.4 is 5.32 Å². The molecule has 1 aliphatic rings. The van der Waals surface area contributed by atoms with Gasteiger partial charge >= 0.3 is 0 Å². The van der Waals surface area contributed by atoms with Gasteiger partial charge in [0.15, 0.2) is 0 Å². The summed E-state index contributed by atoms with van der Waals surface area (Å²) in [6.45, 7) is 9.37. The number of nitrogens with zero attached hydrogens (tertiary/aromatic N) is 3. The third kappa shape index (κ3) is 5.03. The Balaban J connectivity index is 2.20. The Morgan fingerprint density at radius 3 is 2.71 bits per heavy atom. The van der Waals surface area contributed by atoms with Gasteiger partial charge in [0.2, 0.25) is 0 Å². The van der Waals surface area contributed by atoms with Crippen LogP contribution in [0, 0.1) is 16.7 Å². The van der Waals surface area contributed by atoms with Gasteiger partial charge in [-0.3, -0.25) is 4.90 Å². The molecule has 1 unspecified atom stereocenters. The van der Waals surface area contributed by atoms with Gasteiger partial charge in [-0.1, -0.05) is 0 Å². The zero-order valence-corrected chi connectivity index (χ0v) is 11.7. The molecule has 0 radical (unpaired) electrons. The van der Waals surface area contributed by atoms with E-state index in [4.69, 9.17) is 5.26 Å². The Bertz CT molecular complexity index is 269. The zero-order valence-electron chi connectivity index (χ0n) is 11.7. The third-order valence-corrected chi connectivity index (χ3v) is 3.59. The first-order valence-electron chi connectivity index (χ1n) is 6.45. The van der Waals surface area contributed by atoms with E-state index in [1.54, 1.807) is 0 Å². The van der Waals surface area contributed by atoms with Crippen LogP contribution in [-0.4, -0.2) is 62.7 Å². The smallest absolute Gasteiger partial charge is 0.0684 e. The highest BCUT2D eigenvalue weighted by atomic mass is 15.3. The van der Waals surface area contributed by atoms with Gasteiger partial charge in [-0.25, -0.2) is 0 Å². The van der Waals surface area contributed by atoms with Crippen LogP contribution in [0.15, 0.2) is 0 Å². The van der Waals surface area contributed by atoms with Crippen LogP contribution in [0.3, 0.4) is 0 Å². The summed E-state index contributed by atoms with van der Waals surface area (Å²) in [5.74, 6) is 0. The maximum atomic E-state index is 8.93. The molecule has 4 heteroatoms.